The third kappa shape index (κ3) is 8.57. The predicted molar refractivity (Wildman–Crippen MR) is 66.3 cm³/mol. The maximum Gasteiger partial charge on any atom is 0.421 e. The summed E-state index contributed by atoms with van der Waals surface area (Å²) in [5.41, 5.74) is -0.796. The van der Waals surface area contributed by atoms with Crippen LogP contribution in [0, 0.1) is 5.41 Å². The van der Waals surface area contributed by atoms with Crippen LogP contribution in [0.3, 0.4) is 0 Å². The zero-order valence-electron chi connectivity index (χ0n) is 9.67. The van der Waals surface area contributed by atoms with Crippen LogP contribution in [0.25, 0.3) is 0 Å². The van der Waals surface area contributed by atoms with Crippen molar-refractivity contribution in [2.45, 2.75) is 33.3 Å². The van der Waals surface area contributed by atoms with Gasteiger partial charge in [-0.25, -0.2) is 9.13 Å². The monoisotopic (exact) mass is 328 g/mol. The quantitative estimate of drug-likeness (QED) is 0.695. The first-order valence-electron chi connectivity index (χ1n) is 4.75. The Morgan fingerprint density at radius 3 is 2.00 bits per heavy atom. The third-order valence-electron chi connectivity index (χ3n) is 2.10. The number of hydrogen-bond donors (Lipinski definition) is 2. The third-order valence-corrected chi connectivity index (χ3v) is 3.59. The summed E-state index contributed by atoms with van der Waals surface area (Å²) < 4.78 is 31.1. The molecule has 104 valence electrons. The Labute approximate surface area is 110 Å². The molecule has 2 N–H and O–H groups in total. The first-order valence-corrected chi connectivity index (χ1v) is 9.72. The smallest absolute Gasteiger partial charge is 0.313 e. The average Bonchev–Trinajstić information content (AvgIpc) is 2.08. The minimum Gasteiger partial charge on any atom is -0.313 e. The van der Waals surface area contributed by atoms with E-state index in [2.05, 4.69) is 4.52 Å². The van der Waals surface area contributed by atoms with E-state index in [1.54, 1.807) is 20.8 Å². The van der Waals surface area contributed by atoms with Gasteiger partial charge in [0.25, 0.3) is 0 Å². The summed E-state index contributed by atoms with van der Waals surface area (Å²) in [5, 5.41) is 0. The molecular formula is C7H16Cl2O6P2. The largest absolute Gasteiger partial charge is 0.421 e. The summed E-state index contributed by atoms with van der Waals surface area (Å²) in [5.74, 6) is 0. The molecule has 0 saturated heterocycles. The van der Waals surface area contributed by atoms with Crippen molar-refractivity contribution in [2.24, 2.45) is 5.41 Å². The van der Waals surface area contributed by atoms with Crippen LogP contribution in [0.2, 0.25) is 0 Å². The van der Waals surface area contributed by atoms with Gasteiger partial charge in [-0.15, -0.1) is 0 Å². The van der Waals surface area contributed by atoms with Crippen LogP contribution in [0.4, 0.5) is 0 Å². The topological polar surface area (TPSA) is 93.1 Å². The maximum absolute atomic E-state index is 11.0. The SMILES string of the molecule is CCC(OP(=O)(O)Cl)C(C)(C)COP(=O)(O)Cl. The molecule has 10 heteroatoms. The first-order chi connectivity index (χ1) is 7.37. The molecular weight excluding hydrogens is 313 g/mol. The molecule has 3 unspecified atom stereocenters. The van der Waals surface area contributed by atoms with E-state index in [1.807, 2.05) is 0 Å². The van der Waals surface area contributed by atoms with E-state index in [0.29, 0.717) is 6.42 Å². The summed E-state index contributed by atoms with van der Waals surface area (Å²) in [7, 11) is 0. The predicted octanol–water partition coefficient (Wildman–Crippen LogP) is 3.50. The van der Waals surface area contributed by atoms with Gasteiger partial charge >= 0.3 is 13.9 Å². The van der Waals surface area contributed by atoms with Crippen molar-refractivity contribution in [1.29, 1.82) is 0 Å². The lowest BCUT2D eigenvalue weighted by Crippen LogP contribution is -2.34. The van der Waals surface area contributed by atoms with E-state index in [1.165, 1.54) is 0 Å². The molecule has 0 aromatic rings. The zero-order chi connectivity index (χ0) is 13.9. The van der Waals surface area contributed by atoms with Gasteiger partial charge in [-0.3, -0.25) is 9.05 Å². The fourth-order valence-electron chi connectivity index (χ4n) is 1.27. The van der Waals surface area contributed by atoms with Gasteiger partial charge in [-0.1, -0.05) is 20.8 Å². The average molecular weight is 329 g/mol. The Bertz CT molecular complexity index is 335. The van der Waals surface area contributed by atoms with Crippen LogP contribution < -0.4 is 0 Å². The van der Waals surface area contributed by atoms with E-state index in [9.17, 15) is 9.13 Å². The summed E-state index contributed by atoms with van der Waals surface area (Å²) in [6, 6.07) is 0. The van der Waals surface area contributed by atoms with Crippen molar-refractivity contribution in [2.75, 3.05) is 6.61 Å². The minimum absolute atomic E-state index is 0.209. The highest BCUT2D eigenvalue weighted by atomic mass is 35.7. The van der Waals surface area contributed by atoms with Crippen molar-refractivity contribution >= 4 is 36.4 Å². The molecule has 0 aliphatic heterocycles. The number of halogens is 2. The fourth-order valence-corrected chi connectivity index (χ4v) is 2.94. The second-order valence-corrected chi connectivity index (χ2v) is 9.01. The van der Waals surface area contributed by atoms with Crippen molar-refractivity contribution in [3.8, 4) is 0 Å². The number of rotatable bonds is 7. The number of hydrogen-bond acceptors (Lipinski definition) is 4. The van der Waals surface area contributed by atoms with Gasteiger partial charge in [0, 0.05) is 27.9 Å². The molecule has 0 saturated carbocycles. The molecule has 0 aromatic heterocycles. The summed E-state index contributed by atoms with van der Waals surface area (Å²) in [6.45, 7) is -3.47. The fraction of sp³-hybridized carbons (Fsp3) is 1.00. The Hall–Kier alpha value is 0.880. The minimum atomic E-state index is -4.15. The standard InChI is InChI=1S/C7H16Cl2O6P2/c1-4-6(15-17(9,12)13)7(2,3)5-14-16(8,10)11/h6H,4-5H2,1-3H3,(H,10,11)(H,12,13). The van der Waals surface area contributed by atoms with E-state index in [0.717, 1.165) is 0 Å². The van der Waals surface area contributed by atoms with E-state index < -0.39 is 25.4 Å². The molecule has 0 spiro atoms. The van der Waals surface area contributed by atoms with Crippen molar-refractivity contribution in [3.05, 3.63) is 0 Å². The van der Waals surface area contributed by atoms with Crippen LogP contribution in [-0.4, -0.2) is 22.5 Å². The van der Waals surface area contributed by atoms with Crippen LogP contribution in [0.5, 0.6) is 0 Å². The highest BCUT2D eigenvalue weighted by molar-refractivity contribution is 7.80. The molecule has 0 rings (SSSR count). The highest BCUT2D eigenvalue weighted by Gasteiger charge is 2.36. The van der Waals surface area contributed by atoms with Crippen LogP contribution in [-0.2, 0) is 18.2 Å². The molecule has 6 nitrogen and oxygen atoms in total. The van der Waals surface area contributed by atoms with E-state index >= 15 is 0 Å². The van der Waals surface area contributed by atoms with Crippen LogP contribution in [0.1, 0.15) is 27.2 Å². The molecule has 0 radical (unpaired) electrons. The van der Waals surface area contributed by atoms with Crippen molar-refractivity contribution < 1.29 is 28.0 Å². The van der Waals surface area contributed by atoms with Crippen molar-refractivity contribution in [3.63, 3.8) is 0 Å². The van der Waals surface area contributed by atoms with Gasteiger partial charge in [0.05, 0.1) is 12.7 Å². The molecule has 0 bridgehead atoms. The van der Waals surface area contributed by atoms with Gasteiger partial charge < -0.3 is 9.79 Å². The molecule has 3 atom stereocenters. The van der Waals surface area contributed by atoms with E-state index in [-0.39, 0.29) is 6.61 Å². The van der Waals surface area contributed by atoms with Gasteiger partial charge in [-0.05, 0) is 6.42 Å². The van der Waals surface area contributed by atoms with E-state index in [4.69, 9.17) is 36.8 Å². The van der Waals surface area contributed by atoms with Gasteiger partial charge in [0.15, 0.2) is 0 Å². The Balaban J connectivity index is 4.64. The van der Waals surface area contributed by atoms with Crippen molar-refractivity contribution in [1.82, 2.24) is 0 Å². The molecule has 0 heterocycles. The van der Waals surface area contributed by atoms with Gasteiger partial charge in [0.2, 0.25) is 0 Å². The molecule has 0 fully saturated rings. The summed E-state index contributed by atoms with van der Waals surface area (Å²) >= 11 is 10.2. The normalized spacial score (nSPS) is 21.6. The lowest BCUT2D eigenvalue weighted by Gasteiger charge is -2.33. The summed E-state index contributed by atoms with van der Waals surface area (Å²) in [6.07, 6.45) is -0.329. The lowest BCUT2D eigenvalue weighted by molar-refractivity contribution is 0.0260. The highest BCUT2D eigenvalue weighted by Crippen LogP contribution is 2.53. The summed E-state index contributed by atoms with van der Waals surface area (Å²) in [4.78, 5) is 17.7. The first kappa shape index (κ1) is 17.9. The molecule has 0 aliphatic carbocycles. The van der Waals surface area contributed by atoms with Gasteiger partial charge in [0.1, 0.15) is 0 Å². The maximum atomic E-state index is 11.0. The molecule has 0 aromatic carbocycles. The second-order valence-electron chi connectivity index (χ2n) is 4.17. The molecule has 17 heavy (non-hydrogen) atoms. The molecule has 0 amide bonds. The Morgan fingerprint density at radius 2 is 1.71 bits per heavy atom. The molecule has 0 aliphatic rings. The Morgan fingerprint density at radius 1 is 1.24 bits per heavy atom. The van der Waals surface area contributed by atoms with Crippen LogP contribution in [0.15, 0.2) is 0 Å². The lowest BCUT2D eigenvalue weighted by atomic mass is 9.86. The second kappa shape index (κ2) is 6.36. The van der Waals surface area contributed by atoms with Gasteiger partial charge in [-0.2, -0.15) is 0 Å². The van der Waals surface area contributed by atoms with Crippen LogP contribution >= 0.6 is 36.4 Å². The zero-order valence-corrected chi connectivity index (χ0v) is 13.0. The Kier molecular flexibility index (Phi) is 6.68.